The van der Waals surface area contributed by atoms with Crippen LogP contribution in [0.3, 0.4) is 0 Å². The maximum absolute atomic E-state index is 12.2. The van der Waals surface area contributed by atoms with E-state index in [-0.39, 0.29) is 6.03 Å². The summed E-state index contributed by atoms with van der Waals surface area (Å²) in [6, 6.07) is 4.32. The number of carbonyl (C=O) groups excluding carboxylic acids is 1. The van der Waals surface area contributed by atoms with Gasteiger partial charge in [0.1, 0.15) is 0 Å². The van der Waals surface area contributed by atoms with Crippen molar-refractivity contribution in [1.82, 2.24) is 20.1 Å². The third kappa shape index (κ3) is 5.18. The lowest BCUT2D eigenvalue weighted by Gasteiger charge is -2.34. The molecule has 138 valence electrons. The van der Waals surface area contributed by atoms with E-state index >= 15 is 0 Å². The molecule has 3 heterocycles. The quantitative estimate of drug-likeness (QED) is 0.807. The molecular formula is C20H32N4O. The van der Waals surface area contributed by atoms with E-state index in [9.17, 15) is 4.79 Å². The molecule has 2 saturated heterocycles. The van der Waals surface area contributed by atoms with Gasteiger partial charge in [0.25, 0.3) is 0 Å². The van der Waals surface area contributed by atoms with Gasteiger partial charge in [0.15, 0.2) is 0 Å². The van der Waals surface area contributed by atoms with Crippen molar-refractivity contribution < 1.29 is 4.79 Å². The van der Waals surface area contributed by atoms with Gasteiger partial charge in [0, 0.05) is 38.6 Å². The number of rotatable bonds is 6. The van der Waals surface area contributed by atoms with Gasteiger partial charge >= 0.3 is 6.03 Å². The van der Waals surface area contributed by atoms with Crippen molar-refractivity contribution in [3.63, 3.8) is 0 Å². The van der Waals surface area contributed by atoms with Crippen molar-refractivity contribution in [3.8, 4) is 0 Å². The Morgan fingerprint density at radius 1 is 1.24 bits per heavy atom. The molecule has 0 aromatic carbocycles. The Kier molecular flexibility index (Phi) is 6.68. The van der Waals surface area contributed by atoms with Gasteiger partial charge in [-0.15, -0.1) is 0 Å². The summed E-state index contributed by atoms with van der Waals surface area (Å²) in [5.74, 6) is 1.47. The molecule has 0 bridgehead atoms. The topological polar surface area (TPSA) is 48.5 Å². The Labute approximate surface area is 151 Å². The molecule has 5 heteroatoms. The molecule has 2 amide bonds. The largest absolute Gasteiger partial charge is 0.338 e. The van der Waals surface area contributed by atoms with Crippen molar-refractivity contribution >= 4 is 6.03 Å². The normalized spacial score (nSPS) is 22.3. The highest BCUT2D eigenvalue weighted by atomic mass is 16.2. The fourth-order valence-electron chi connectivity index (χ4n) is 4.17. The Morgan fingerprint density at radius 3 is 2.76 bits per heavy atom. The van der Waals surface area contributed by atoms with Crippen molar-refractivity contribution in [2.45, 2.75) is 45.6 Å². The summed E-state index contributed by atoms with van der Waals surface area (Å²) < 4.78 is 0. The minimum absolute atomic E-state index is 0.143. The van der Waals surface area contributed by atoms with Crippen LogP contribution in [0.25, 0.3) is 0 Å². The number of urea groups is 1. The summed E-state index contributed by atoms with van der Waals surface area (Å²) in [6.07, 6.45) is 9.69. The summed E-state index contributed by atoms with van der Waals surface area (Å²) in [7, 11) is 0. The van der Waals surface area contributed by atoms with Crippen molar-refractivity contribution in [2.24, 2.45) is 11.8 Å². The van der Waals surface area contributed by atoms with E-state index in [4.69, 9.17) is 0 Å². The molecule has 0 unspecified atom stereocenters. The van der Waals surface area contributed by atoms with Crippen molar-refractivity contribution in [2.75, 3.05) is 32.7 Å². The van der Waals surface area contributed by atoms with Gasteiger partial charge in [-0.25, -0.2) is 4.79 Å². The number of pyridine rings is 1. The molecule has 5 nitrogen and oxygen atoms in total. The highest BCUT2D eigenvalue weighted by Gasteiger charge is 2.33. The lowest BCUT2D eigenvalue weighted by molar-refractivity contribution is 0.142. The molecule has 2 fully saturated rings. The number of nitrogens with zero attached hydrogens (tertiary/aromatic N) is 3. The SMILES string of the molecule is CCCCNC(=O)N1CC[C@@H](C2CCN(Cc3cccnc3)CC2)C1. The van der Waals surface area contributed by atoms with E-state index in [1.165, 1.54) is 37.9 Å². The number of aromatic nitrogens is 1. The maximum atomic E-state index is 12.2. The third-order valence-corrected chi connectivity index (χ3v) is 5.75. The number of hydrogen-bond donors (Lipinski definition) is 1. The molecule has 1 N–H and O–H groups in total. The van der Waals surface area contributed by atoms with Crippen LogP contribution >= 0.6 is 0 Å². The second-order valence-electron chi connectivity index (χ2n) is 7.56. The van der Waals surface area contributed by atoms with Gasteiger partial charge in [-0.3, -0.25) is 9.88 Å². The molecule has 0 aliphatic carbocycles. The summed E-state index contributed by atoms with van der Waals surface area (Å²) in [5, 5.41) is 3.06. The molecular weight excluding hydrogens is 312 g/mol. The zero-order valence-electron chi connectivity index (χ0n) is 15.5. The molecule has 3 rings (SSSR count). The van der Waals surface area contributed by atoms with Crippen LogP contribution in [0.1, 0.15) is 44.6 Å². The molecule has 1 aromatic rings. The van der Waals surface area contributed by atoms with Gasteiger partial charge < -0.3 is 10.2 Å². The molecule has 1 aromatic heterocycles. The number of amides is 2. The Hall–Kier alpha value is -1.62. The van der Waals surface area contributed by atoms with E-state index in [1.807, 2.05) is 23.4 Å². The molecule has 25 heavy (non-hydrogen) atoms. The van der Waals surface area contributed by atoms with Gasteiger partial charge in [-0.1, -0.05) is 19.4 Å². The van der Waals surface area contributed by atoms with Crippen LogP contribution in [0.15, 0.2) is 24.5 Å². The molecule has 0 saturated carbocycles. The molecule has 2 aliphatic heterocycles. The number of likely N-dealkylation sites (tertiary alicyclic amines) is 2. The minimum Gasteiger partial charge on any atom is -0.338 e. The minimum atomic E-state index is 0.143. The van der Waals surface area contributed by atoms with Gasteiger partial charge in [0.05, 0.1) is 0 Å². The van der Waals surface area contributed by atoms with E-state index < -0.39 is 0 Å². The summed E-state index contributed by atoms with van der Waals surface area (Å²) in [5.41, 5.74) is 1.30. The van der Waals surface area contributed by atoms with Crippen LogP contribution in [-0.4, -0.2) is 53.5 Å². The predicted molar refractivity (Wildman–Crippen MR) is 100 cm³/mol. The molecule has 2 aliphatic rings. The predicted octanol–water partition coefficient (Wildman–Crippen LogP) is 3.13. The van der Waals surface area contributed by atoms with Crippen LogP contribution in [0, 0.1) is 11.8 Å². The number of nitrogens with one attached hydrogen (secondary N) is 1. The Morgan fingerprint density at radius 2 is 2.04 bits per heavy atom. The second kappa shape index (κ2) is 9.18. The smallest absolute Gasteiger partial charge is 0.317 e. The zero-order chi connectivity index (χ0) is 17.5. The van der Waals surface area contributed by atoms with E-state index in [0.717, 1.165) is 44.9 Å². The average Bonchev–Trinajstić information content (AvgIpc) is 3.14. The third-order valence-electron chi connectivity index (χ3n) is 5.75. The first-order valence-electron chi connectivity index (χ1n) is 9.90. The average molecular weight is 345 g/mol. The van der Waals surface area contributed by atoms with Crippen LogP contribution in [0.2, 0.25) is 0 Å². The van der Waals surface area contributed by atoms with E-state index in [1.54, 1.807) is 0 Å². The van der Waals surface area contributed by atoms with Gasteiger partial charge in [0.2, 0.25) is 0 Å². The summed E-state index contributed by atoms with van der Waals surface area (Å²) in [4.78, 5) is 21.0. The van der Waals surface area contributed by atoms with Crippen LogP contribution in [-0.2, 0) is 6.54 Å². The van der Waals surface area contributed by atoms with Crippen LogP contribution < -0.4 is 5.32 Å². The lowest BCUT2D eigenvalue weighted by atomic mass is 9.83. The fraction of sp³-hybridized carbons (Fsp3) is 0.700. The highest BCUT2D eigenvalue weighted by Crippen LogP contribution is 2.32. The number of carbonyl (C=O) groups is 1. The second-order valence-corrected chi connectivity index (χ2v) is 7.56. The lowest BCUT2D eigenvalue weighted by Crippen LogP contribution is -2.40. The first-order valence-corrected chi connectivity index (χ1v) is 9.90. The summed E-state index contributed by atoms with van der Waals surface area (Å²) >= 11 is 0. The molecule has 0 radical (unpaired) electrons. The van der Waals surface area contributed by atoms with Crippen molar-refractivity contribution in [3.05, 3.63) is 30.1 Å². The Balaban J connectivity index is 1.39. The fourth-order valence-corrected chi connectivity index (χ4v) is 4.17. The maximum Gasteiger partial charge on any atom is 0.317 e. The van der Waals surface area contributed by atoms with Crippen LogP contribution in [0.5, 0.6) is 0 Å². The first-order chi connectivity index (χ1) is 12.3. The van der Waals surface area contributed by atoms with E-state index in [0.29, 0.717) is 5.92 Å². The van der Waals surface area contributed by atoms with E-state index in [2.05, 4.69) is 28.2 Å². The highest BCUT2D eigenvalue weighted by molar-refractivity contribution is 5.74. The molecule has 1 atom stereocenters. The van der Waals surface area contributed by atoms with Gasteiger partial charge in [-0.05, 0) is 62.2 Å². The first kappa shape index (κ1) is 18.2. The number of hydrogen-bond acceptors (Lipinski definition) is 3. The zero-order valence-corrected chi connectivity index (χ0v) is 15.5. The van der Waals surface area contributed by atoms with Crippen LogP contribution in [0.4, 0.5) is 4.79 Å². The summed E-state index contributed by atoms with van der Waals surface area (Å²) in [6.45, 7) is 8.18. The van der Waals surface area contributed by atoms with Crippen molar-refractivity contribution in [1.29, 1.82) is 0 Å². The van der Waals surface area contributed by atoms with Gasteiger partial charge in [-0.2, -0.15) is 0 Å². The monoisotopic (exact) mass is 344 g/mol. The number of piperidine rings is 1. The Bertz CT molecular complexity index is 528. The molecule has 0 spiro atoms. The standard InChI is InChI=1S/C20H32N4O/c1-2-3-10-22-20(25)24-13-8-19(16-24)18-6-11-23(12-7-18)15-17-5-4-9-21-14-17/h4-5,9,14,18-19H,2-3,6-8,10-13,15-16H2,1H3,(H,22,25)/t19-/m1/s1. The number of unbranched alkanes of at least 4 members (excludes halogenated alkanes) is 1.